The van der Waals surface area contributed by atoms with Crippen molar-refractivity contribution in [2.24, 2.45) is 0 Å². The number of hydrogen-bond donors (Lipinski definition) is 2. The van der Waals surface area contributed by atoms with Gasteiger partial charge >= 0.3 is 6.36 Å². The molecule has 2 rings (SSSR count). The van der Waals surface area contributed by atoms with Crippen molar-refractivity contribution in [3.63, 3.8) is 0 Å². The van der Waals surface area contributed by atoms with Gasteiger partial charge in [0.15, 0.2) is 0 Å². The molecular formula is C17H14F4N2O3. The monoisotopic (exact) mass is 370 g/mol. The minimum atomic E-state index is -4.81. The van der Waals surface area contributed by atoms with E-state index in [1.807, 2.05) is 0 Å². The molecule has 2 aromatic carbocycles. The van der Waals surface area contributed by atoms with Crippen molar-refractivity contribution in [2.45, 2.75) is 19.7 Å². The molecule has 26 heavy (non-hydrogen) atoms. The van der Waals surface area contributed by atoms with Crippen LogP contribution in [-0.2, 0) is 4.79 Å². The highest BCUT2D eigenvalue weighted by Gasteiger charge is 2.30. The predicted octanol–water partition coefficient (Wildman–Crippen LogP) is 4.33. The zero-order valence-electron chi connectivity index (χ0n) is 13.5. The third-order valence-electron chi connectivity index (χ3n) is 3.17. The molecule has 2 aromatic rings. The fraction of sp³-hybridized carbons (Fsp3) is 0.176. The van der Waals surface area contributed by atoms with Crippen molar-refractivity contribution in [1.82, 2.24) is 0 Å². The maximum Gasteiger partial charge on any atom is 0.573 e. The Balaban J connectivity index is 2.10. The van der Waals surface area contributed by atoms with E-state index in [0.29, 0.717) is 0 Å². The summed E-state index contributed by atoms with van der Waals surface area (Å²) in [6, 6.07) is 7.94. The molecule has 0 atom stereocenters. The van der Waals surface area contributed by atoms with Gasteiger partial charge in [0, 0.05) is 17.7 Å². The van der Waals surface area contributed by atoms with Crippen LogP contribution in [0.3, 0.4) is 0 Å². The van der Waals surface area contributed by atoms with Gasteiger partial charge in [0.1, 0.15) is 11.6 Å². The fourth-order valence-corrected chi connectivity index (χ4v) is 1.94. The molecule has 0 saturated carbocycles. The lowest BCUT2D eigenvalue weighted by molar-refractivity contribution is -0.274. The summed E-state index contributed by atoms with van der Waals surface area (Å²) >= 11 is 0. The number of halogens is 4. The Kier molecular flexibility index (Phi) is 5.81. The van der Waals surface area contributed by atoms with Gasteiger partial charge in [-0.2, -0.15) is 0 Å². The minimum absolute atomic E-state index is 0.0634. The van der Waals surface area contributed by atoms with Crippen LogP contribution in [0.2, 0.25) is 0 Å². The number of alkyl halides is 3. The van der Waals surface area contributed by atoms with Crippen LogP contribution in [0.5, 0.6) is 5.75 Å². The number of nitrogens with one attached hydrogen (secondary N) is 2. The summed E-state index contributed by atoms with van der Waals surface area (Å²) < 4.78 is 53.7. The van der Waals surface area contributed by atoms with E-state index in [2.05, 4.69) is 15.4 Å². The Morgan fingerprint density at radius 3 is 2.27 bits per heavy atom. The Morgan fingerprint density at radius 1 is 1.04 bits per heavy atom. The number of carbonyl (C=O) groups is 2. The number of amides is 2. The molecule has 9 heteroatoms. The second-order valence-corrected chi connectivity index (χ2v) is 5.12. The molecular weight excluding hydrogens is 356 g/mol. The van der Waals surface area contributed by atoms with Crippen molar-refractivity contribution in [3.8, 4) is 5.75 Å². The molecule has 0 unspecified atom stereocenters. The van der Waals surface area contributed by atoms with Crippen LogP contribution in [0.15, 0.2) is 42.5 Å². The first kappa shape index (κ1) is 19.2. The van der Waals surface area contributed by atoms with E-state index in [4.69, 9.17) is 0 Å². The van der Waals surface area contributed by atoms with Gasteiger partial charge in [0.05, 0.1) is 5.69 Å². The van der Waals surface area contributed by atoms with Crippen LogP contribution in [0.1, 0.15) is 23.7 Å². The summed E-state index contributed by atoms with van der Waals surface area (Å²) in [4.78, 5) is 23.6. The molecule has 0 heterocycles. The summed E-state index contributed by atoms with van der Waals surface area (Å²) in [7, 11) is 0. The summed E-state index contributed by atoms with van der Waals surface area (Å²) in [6.45, 7) is 1.59. The van der Waals surface area contributed by atoms with Crippen LogP contribution in [0, 0.1) is 5.82 Å². The summed E-state index contributed by atoms with van der Waals surface area (Å²) in [6.07, 6.45) is -4.67. The van der Waals surface area contributed by atoms with Gasteiger partial charge in [-0.1, -0.05) is 6.92 Å². The zero-order chi connectivity index (χ0) is 19.3. The first-order valence-electron chi connectivity index (χ1n) is 7.44. The molecule has 2 N–H and O–H groups in total. The number of rotatable bonds is 5. The average Bonchev–Trinajstić information content (AvgIpc) is 2.57. The Bertz CT molecular complexity index is 805. The van der Waals surface area contributed by atoms with Crippen LogP contribution in [-0.4, -0.2) is 18.2 Å². The topological polar surface area (TPSA) is 67.4 Å². The molecule has 0 bridgehead atoms. The van der Waals surface area contributed by atoms with Gasteiger partial charge in [0.2, 0.25) is 5.91 Å². The van der Waals surface area contributed by atoms with Gasteiger partial charge in [-0.05, 0) is 42.5 Å². The number of hydrogen-bond acceptors (Lipinski definition) is 3. The highest BCUT2D eigenvalue weighted by atomic mass is 19.4. The van der Waals surface area contributed by atoms with Crippen molar-refractivity contribution < 1.29 is 31.9 Å². The molecule has 0 saturated heterocycles. The lowest BCUT2D eigenvalue weighted by Crippen LogP contribution is -2.17. The standard InChI is InChI=1S/C17H14F4N2O3/c1-2-15(24)23-14-9-10(3-8-13(14)18)16(25)22-11-4-6-12(7-5-11)26-17(19,20)21/h3-9H,2H2,1H3,(H,22,25)(H,23,24). The second-order valence-electron chi connectivity index (χ2n) is 5.12. The van der Waals surface area contributed by atoms with E-state index in [-0.39, 0.29) is 23.4 Å². The smallest absolute Gasteiger partial charge is 0.406 e. The number of benzene rings is 2. The van der Waals surface area contributed by atoms with Crippen molar-refractivity contribution in [2.75, 3.05) is 10.6 Å². The van der Waals surface area contributed by atoms with E-state index in [1.165, 1.54) is 24.3 Å². The van der Waals surface area contributed by atoms with Crippen LogP contribution < -0.4 is 15.4 Å². The molecule has 0 aliphatic carbocycles. The second kappa shape index (κ2) is 7.85. The van der Waals surface area contributed by atoms with Crippen molar-refractivity contribution in [1.29, 1.82) is 0 Å². The average molecular weight is 370 g/mol. The van der Waals surface area contributed by atoms with Crippen molar-refractivity contribution >= 4 is 23.2 Å². The predicted molar refractivity (Wildman–Crippen MR) is 86.4 cm³/mol. The SMILES string of the molecule is CCC(=O)Nc1cc(C(=O)Nc2ccc(OC(F)(F)F)cc2)ccc1F. The van der Waals surface area contributed by atoms with E-state index in [0.717, 1.165) is 18.2 Å². The number of ether oxygens (including phenoxy) is 1. The molecule has 2 amide bonds. The highest BCUT2D eigenvalue weighted by molar-refractivity contribution is 6.05. The largest absolute Gasteiger partial charge is 0.573 e. The summed E-state index contributed by atoms with van der Waals surface area (Å²) in [5.74, 6) is -2.16. The molecule has 0 spiro atoms. The van der Waals surface area contributed by atoms with Crippen LogP contribution in [0.4, 0.5) is 28.9 Å². The molecule has 0 radical (unpaired) electrons. The highest BCUT2D eigenvalue weighted by Crippen LogP contribution is 2.24. The van der Waals surface area contributed by atoms with Gasteiger partial charge < -0.3 is 15.4 Å². The maximum atomic E-state index is 13.7. The normalized spacial score (nSPS) is 11.0. The lowest BCUT2D eigenvalue weighted by Gasteiger charge is -2.11. The lowest BCUT2D eigenvalue weighted by atomic mass is 10.1. The minimum Gasteiger partial charge on any atom is -0.406 e. The first-order chi connectivity index (χ1) is 12.2. The van der Waals surface area contributed by atoms with Crippen molar-refractivity contribution in [3.05, 3.63) is 53.8 Å². The van der Waals surface area contributed by atoms with Gasteiger partial charge in [-0.25, -0.2) is 4.39 Å². The molecule has 0 fully saturated rings. The quantitative estimate of drug-likeness (QED) is 0.770. The number of carbonyl (C=O) groups excluding carboxylic acids is 2. The Labute approximate surface area is 146 Å². The summed E-state index contributed by atoms with van der Waals surface area (Å²) in [5, 5.41) is 4.78. The van der Waals surface area contributed by atoms with Crippen LogP contribution in [0.25, 0.3) is 0 Å². The Hall–Kier alpha value is -3.10. The van der Waals surface area contributed by atoms with E-state index in [9.17, 15) is 27.2 Å². The van der Waals surface area contributed by atoms with Gasteiger partial charge in [-0.3, -0.25) is 9.59 Å². The van der Waals surface area contributed by atoms with Gasteiger partial charge in [0.25, 0.3) is 5.91 Å². The third-order valence-corrected chi connectivity index (χ3v) is 3.17. The number of anilines is 2. The fourth-order valence-electron chi connectivity index (χ4n) is 1.94. The molecule has 5 nitrogen and oxygen atoms in total. The Morgan fingerprint density at radius 2 is 1.69 bits per heavy atom. The molecule has 0 aromatic heterocycles. The third kappa shape index (κ3) is 5.47. The zero-order valence-corrected chi connectivity index (χ0v) is 13.5. The first-order valence-corrected chi connectivity index (χ1v) is 7.44. The van der Waals surface area contributed by atoms with Crippen LogP contribution >= 0.6 is 0 Å². The van der Waals surface area contributed by atoms with Gasteiger partial charge in [-0.15, -0.1) is 13.2 Å². The maximum absolute atomic E-state index is 13.7. The molecule has 0 aliphatic rings. The molecule has 0 aliphatic heterocycles. The van der Waals surface area contributed by atoms with E-state index >= 15 is 0 Å². The molecule has 138 valence electrons. The van der Waals surface area contributed by atoms with E-state index in [1.54, 1.807) is 6.92 Å². The van der Waals surface area contributed by atoms with E-state index < -0.39 is 29.7 Å². The summed E-state index contributed by atoms with van der Waals surface area (Å²) in [5.41, 5.74) is 0.139.